The van der Waals surface area contributed by atoms with Crippen LogP contribution < -0.4 is 5.32 Å². The molecule has 1 amide bonds. The molecule has 0 aromatic rings. The first-order valence-corrected chi connectivity index (χ1v) is 6.12. The van der Waals surface area contributed by atoms with E-state index in [0.29, 0.717) is 11.9 Å². The van der Waals surface area contributed by atoms with Crippen molar-refractivity contribution in [3.8, 4) is 0 Å². The van der Waals surface area contributed by atoms with E-state index in [-0.39, 0.29) is 0 Å². The summed E-state index contributed by atoms with van der Waals surface area (Å²) in [5.74, 6) is 1.09. The lowest BCUT2D eigenvalue weighted by Gasteiger charge is -2.24. The van der Waals surface area contributed by atoms with Crippen LogP contribution in [0.15, 0.2) is 0 Å². The van der Waals surface area contributed by atoms with Crippen molar-refractivity contribution < 1.29 is 4.79 Å². The standard InChI is InChI=1S/C12H24N2O/c1-4-11-5-6-12(15)14(8-7-11)9-10(2)13-3/h10-11,13H,4-9H2,1-3H3. The fourth-order valence-corrected chi connectivity index (χ4v) is 2.12. The summed E-state index contributed by atoms with van der Waals surface area (Å²) in [6, 6.07) is 0.395. The minimum absolute atomic E-state index is 0.341. The molecule has 0 aromatic carbocycles. The second-order valence-corrected chi connectivity index (χ2v) is 4.63. The molecular formula is C12H24N2O. The number of carbonyl (C=O) groups is 1. The molecule has 0 saturated carbocycles. The predicted octanol–water partition coefficient (Wildman–Crippen LogP) is 1.63. The van der Waals surface area contributed by atoms with E-state index >= 15 is 0 Å². The first kappa shape index (κ1) is 12.5. The van der Waals surface area contributed by atoms with Crippen molar-refractivity contribution in [1.29, 1.82) is 0 Å². The number of hydrogen-bond donors (Lipinski definition) is 1. The van der Waals surface area contributed by atoms with Crippen molar-refractivity contribution >= 4 is 5.91 Å². The zero-order valence-corrected chi connectivity index (χ0v) is 10.3. The summed E-state index contributed by atoms with van der Waals surface area (Å²) < 4.78 is 0. The van der Waals surface area contributed by atoms with E-state index < -0.39 is 0 Å². The van der Waals surface area contributed by atoms with Crippen LogP contribution in [-0.2, 0) is 4.79 Å². The van der Waals surface area contributed by atoms with Crippen LogP contribution in [0.1, 0.15) is 39.5 Å². The molecule has 0 bridgehead atoms. The summed E-state index contributed by atoms with van der Waals surface area (Å²) in [5, 5.41) is 3.18. The molecule has 1 saturated heterocycles. The molecule has 1 fully saturated rings. The number of likely N-dealkylation sites (tertiary alicyclic amines) is 1. The highest BCUT2D eigenvalue weighted by molar-refractivity contribution is 5.76. The first-order chi connectivity index (χ1) is 7.17. The van der Waals surface area contributed by atoms with Crippen LogP contribution in [0.3, 0.4) is 0 Å². The highest BCUT2D eigenvalue weighted by atomic mass is 16.2. The normalized spacial score (nSPS) is 25.1. The fourth-order valence-electron chi connectivity index (χ4n) is 2.12. The maximum atomic E-state index is 11.8. The SMILES string of the molecule is CCC1CCC(=O)N(CC(C)NC)CC1. The minimum atomic E-state index is 0.341. The van der Waals surface area contributed by atoms with E-state index in [4.69, 9.17) is 0 Å². The van der Waals surface area contributed by atoms with Gasteiger partial charge in [-0.2, -0.15) is 0 Å². The Morgan fingerprint density at radius 3 is 2.87 bits per heavy atom. The van der Waals surface area contributed by atoms with Crippen molar-refractivity contribution in [1.82, 2.24) is 10.2 Å². The molecule has 2 unspecified atom stereocenters. The van der Waals surface area contributed by atoms with Crippen molar-refractivity contribution in [2.24, 2.45) is 5.92 Å². The van der Waals surface area contributed by atoms with Gasteiger partial charge in [-0.3, -0.25) is 4.79 Å². The van der Waals surface area contributed by atoms with Gasteiger partial charge < -0.3 is 10.2 Å². The predicted molar refractivity (Wildman–Crippen MR) is 62.7 cm³/mol. The Morgan fingerprint density at radius 1 is 1.53 bits per heavy atom. The Balaban J connectivity index is 2.46. The van der Waals surface area contributed by atoms with Crippen LogP contribution in [0, 0.1) is 5.92 Å². The molecule has 0 spiro atoms. The van der Waals surface area contributed by atoms with Crippen LogP contribution >= 0.6 is 0 Å². The molecule has 2 atom stereocenters. The van der Waals surface area contributed by atoms with Crippen LogP contribution in [0.5, 0.6) is 0 Å². The molecule has 1 aliphatic rings. The Morgan fingerprint density at radius 2 is 2.27 bits per heavy atom. The maximum absolute atomic E-state index is 11.8. The third kappa shape index (κ3) is 3.82. The largest absolute Gasteiger partial charge is 0.341 e. The molecule has 0 radical (unpaired) electrons. The zero-order chi connectivity index (χ0) is 11.3. The third-order valence-electron chi connectivity index (χ3n) is 3.49. The van der Waals surface area contributed by atoms with Gasteiger partial charge >= 0.3 is 0 Å². The Bertz CT molecular complexity index is 206. The zero-order valence-electron chi connectivity index (χ0n) is 10.3. The van der Waals surface area contributed by atoms with Crippen molar-refractivity contribution in [2.75, 3.05) is 20.1 Å². The van der Waals surface area contributed by atoms with Crippen LogP contribution in [-0.4, -0.2) is 37.0 Å². The molecule has 15 heavy (non-hydrogen) atoms. The van der Waals surface area contributed by atoms with Crippen molar-refractivity contribution in [3.05, 3.63) is 0 Å². The average molecular weight is 212 g/mol. The molecule has 1 N–H and O–H groups in total. The molecule has 1 aliphatic heterocycles. The van der Waals surface area contributed by atoms with Crippen LogP contribution in [0.4, 0.5) is 0 Å². The quantitative estimate of drug-likeness (QED) is 0.768. The summed E-state index contributed by atoms with van der Waals surface area (Å²) in [6.07, 6.45) is 4.22. The van der Waals surface area contributed by atoms with Crippen molar-refractivity contribution in [3.63, 3.8) is 0 Å². The van der Waals surface area contributed by atoms with Gasteiger partial charge in [0.2, 0.25) is 5.91 Å². The Kier molecular flexibility index (Phi) is 5.09. The summed E-state index contributed by atoms with van der Waals surface area (Å²) in [4.78, 5) is 13.8. The number of amides is 1. The van der Waals surface area contributed by atoms with Gasteiger partial charge in [0, 0.05) is 25.6 Å². The summed E-state index contributed by atoms with van der Waals surface area (Å²) in [7, 11) is 1.95. The maximum Gasteiger partial charge on any atom is 0.222 e. The van der Waals surface area contributed by atoms with Gasteiger partial charge in [0.05, 0.1) is 0 Å². The number of likely N-dealkylation sites (N-methyl/N-ethyl adjacent to an activating group) is 1. The molecular weight excluding hydrogens is 188 g/mol. The van der Waals surface area contributed by atoms with Gasteiger partial charge in [-0.1, -0.05) is 13.3 Å². The molecule has 0 aliphatic carbocycles. The topological polar surface area (TPSA) is 32.3 Å². The van der Waals surface area contributed by atoms with Gasteiger partial charge in [0.25, 0.3) is 0 Å². The van der Waals surface area contributed by atoms with E-state index in [9.17, 15) is 4.79 Å². The molecule has 3 nitrogen and oxygen atoms in total. The van der Waals surface area contributed by atoms with Gasteiger partial charge in [0.1, 0.15) is 0 Å². The van der Waals surface area contributed by atoms with Crippen LogP contribution in [0.2, 0.25) is 0 Å². The van der Waals surface area contributed by atoms with Crippen molar-refractivity contribution in [2.45, 2.75) is 45.6 Å². The Hall–Kier alpha value is -0.570. The van der Waals surface area contributed by atoms with Gasteiger partial charge in [-0.15, -0.1) is 0 Å². The number of nitrogens with one attached hydrogen (secondary N) is 1. The molecule has 1 rings (SSSR count). The summed E-state index contributed by atoms with van der Waals surface area (Å²) in [6.45, 7) is 6.14. The van der Waals surface area contributed by atoms with Gasteiger partial charge in [-0.25, -0.2) is 0 Å². The molecule has 88 valence electrons. The van der Waals surface area contributed by atoms with Gasteiger partial charge in [-0.05, 0) is 32.7 Å². The lowest BCUT2D eigenvalue weighted by molar-refractivity contribution is -0.131. The molecule has 3 heteroatoms. The third-order valence-corrected chi connectivity index (χ3v) is 3.49. The van der Waals surface area contributed by atoms with Crippen LogP contribution in [0.25, 0.3) is 0 Å². The summed E-state index contributed by atoms with van der Waals surface area (Å²) >= 11 is 0. The number of hydrogen-bond acceptors (Lipinski definition) is 2. The number of carbonyl (C=O) groups excluding carboxylic acids is 1. The number of rotatable bonds is 4. The molecule has 1 heterocycles. The van der Waals surface area contributed by atoms with Gasteiger partial charge in [0.15, 0.2) is 0 Å². The monoisotopic (exact) mass is 212 g/mol. The molecule has 0 aromatic heterocycles. The van der Waals surface area contributed by atoms with E-state index in [1.807, 2.05) is 11.9 Å². The highest BCUT2D eigenvalue weighted by Gasteiger charge is 2.22. The van der Waals surface area contributed by atoms with E-state index in [0.717, 1.165) is 31.8 Å². The smallest absolute Gasteiger partial charge is 0.222 e. The Labute approximate surface area is 93.2 Å². The minimum Gasteiger partial charge on any atom is -0.341 e. The second kappa shape index (κ2) is 6.11. The van der Waals surface area contributed by atoms with E-state index in [1.165, 1.54) is 12.8 Å². The first-order valence-electron chi connectivity index (χ1n) is 6.12. The van der Waals surface area contributed by atoms with E-state index in [2.05, 4.69) is 19.2 Å². The second-order valence-electron chi connectivity index (χ2n) is 4.63. The lowest BCUT2D eigenvalue weighted by atomic mass is 9.98. The van der Waals surface area contributed by atoms with E-state index in [1.54, 1.807) is 0 Å². The lowest BCUT2D eigenvalue weighted by Crippen LogP contribution is -2.40. The average Bonchev–Trinajstić information content (AvgIpc) is 2.42. The highest BCUT2D eigenvalue weighted by Crippen LogP contribution is 2.20. The fraction of sp³-hybridized carbons (Fsp3) is 0.917. The summed E-state index contributed by atoms with van der Waals surface area (Å²) in [5.41, 5.74) is 0. The number of nitrogens with zero attached hydrogens (tertiary/aromatic N) is 1.